The summed E-state index contributed by atoms with van der Waals surface area (Å²) in [5.41, 5.74) is 1.05. The van der Waals surface area contributed by atoms with Gasteiger partial charge in [0.2, 0.25) is 0 Å². The summed E-state index contributed by atoms with van der Waals surface area (Å²) >= 11 is 14.2. The van der Waals surface area contributed by atoms with Crippen LogP contribution in [-0.4, -0.2) is 12.0 Å². The number of anilines is 1. The first-order chi connectivity index (χ1) is 10.9. The average Bonchev–Trinajstić information content (AvgIpc) is 2.74. The maximum Gasteiger partial charge on any atom is 0.329 e. The van der Waals surface area contributed by atoms with Crippen LogP contribution in [-0.2, 0) is 15.1 Å². The Morgan fingerprint density at radius 2 is 1.75 bits per heavy atom. The topological polar surface area (TPSA) is 38.3 Å². The van der Waals surface area contributed by atoms with Gasteiger partial charge in [-0.1, -0.05) is 35.3 Å². The van der Waals surface area contributed by atoms with Gasteiger partial charge in [0.05, 0.1) is 0 Å². The second-order valence-electron chi connectivity index (χ2n) is 5.72. The number of hydrogen-bond donors (Lipinski definition) is 1. The molecule has 1 N–H and O–H groups in total. The number of carbonyl (C=O) groups excluding carboxylic acids is 1. The molecule has 2 aromatic carbocycles. The molecule has 0 radical (unpaired) electrons. The van der Waals surface area contributed by atoms with Crippen LogP contribution in [0, 0.1) is 3.57 Å². The predicted octanol–water partition coefficient (Wildman–Crippen LogP) is 5.66. The first kappa shape index (κ1) is 19.6. The van der Waals surface area contributed by atoms with Gasteiger partial charge in [0.1, 0.15) is 11.6 Å². The van der Waals surface area contributed by atoms with Crippen LogP contribution < -0.4 is 5.32 Å². The fraction of sp³-hybridized carbons (Fsp3) is 0.235. The number of ether oxygens (including phenoxy) is 1. The maximum atomic E-state index is 12.3. The Labute approximate surface area is 170 Å². The third kappa shape index (κ3) is 4.28. The summed E-state index contributed by atoms with van der Waals surface area (Å²) in [6, 6.07) is 12.7. The zero-order valence-corrected chi connectivity index (χ0v) is 17.2. The summed E-state index contributed by atoms with van der Waals surface area (Å²) in [6.07, 6.45) is 0.538. The van der Waals surface area contributed by atoms with Crippen molar-refractivity contribution in [3.63, 3.8) is 0 Å². The van der Waals surface area contributed by atoms with Gasteiger partial charge in [0.25, 0.3) is 0 Å². The molecule has 3 nitrogen and oxygen atoms in total. The zero-order valence-electron chi connectivity index (χ0n) is 12.7. The highest BCUT2D eigenvalue weighted by Crippen LogP contribution is 2.38. The third-order valence-corrected chi connectivity index (χ3v) is 5.02. The van der Waals surface area contributed by atoms with E-state index in [9.17, 15) is 4.79 Å². The molecule has 3 rings (SSSR count). The van der Waals surface area contributed by atoms with E-state index >= 15 is 0 Å². The number of esters is 1. The average molecular weight is 499 g/mol. The van der Waals surface area contributed by atoms with E-state index in [1.165, 1.54) is 0 Å². The molecular weight excluding hydrogens is 483 g/mol. The SMILES string of the molecule is CC1(c2ccc(I)cc2)CC(Nc2cc(Cl)cc(Cl)c2)C(=O)O1.Cl. The molecule has 1 aliphatic heterocycles. The largest absolute Gasteiger partial charge is 0.453 e. The lowest BCUT2D eigenvalue weighted by molar-refractivity contribution is -0.148. The first-order valence-electron chi connectivity index (χ1n) is 7.07. The minimum Gasteiger partial charge on any atom is -0.453 e. The number of cyclic esters (lactones) is 1. The van der Waals surface area contributed by atoms with Gasteiger partial charge < -0.3 is 10.1 Å². The normalized spacial score (nSPS) is 22.7. The van der Waals surface area contributed by atoms with Gasteiger partial charge in [-0.25, -0.2) is 4.79 Å². The number of carbonyl (C=O) groups is 1. The molecule has 2 atom stereocenters. The van der Waals surface area contributed by atoms with E-state index in [2.05, 4.69) is 27.9 Å². The van der Waals surface area contributed by atoms with Gasteiger partial charge in [0, 0.05) is 25.7 Å². The summed E-state index contributed by atoms with van der Waals surface area (Å²) in [5, 5.41) is 4.20. The third-order valence-electron chi connectivity index (χ3n) is 3.86. The van der Waals surface area contributed by atoms with E-state index < -0.39 is 11.6 Å². The predicted molar refractivity (Wildman–Crippen MR) is 108 cm³/mol. The van der Waals surface area contributed by atoms with Gasteiger partial charge in [-0.05, 0) is 65.4 Å². The van der Waals surface area contributed by atoms with Crippen molar-refractivity contribution in [3.8, 4) is 0 Å². The van der Waals surface area contributed by atoms with Crippen LogP contribution >= 0.6 is 58.2 Å². The van der Waals surface area contributed by atoms with Crippen LogP contribution in [0.2, 0.25) is 10.0 Å². The van der Waals surface area contributed by atoms with Crippen molar-refractivity contribution in [1.82, 2.24) is 0 Å². The number of hydrogen-bond acceptors (Lipinski definition) is 3. The molecule has 0 amide bonds. The van der Waals surface area contributed by atoms with Crippen LogP contribution in [0.3, 0.4) is 0 Å². The van der Waals surface area contributed by atoms with Crippen molar-refractivity contribution in [2.24, 2.45) is 0 Å². The lowest BCUT2D eigenvalue weighted by Crippen LogP contribution is -2.25. The second kappa shape index (κ2) is 7.68. The molecule has 0 saturated carbocycles. The Morgan fingerprint density at radius 1 is 1.17 bits per heavy atom. The van der Waals surface area contributed by atoms with Gasteiger partial charge in [0.15, 0.2) is 0 Å². The molecule has 24 heavy (non-hydrogen) atoms. The molecule has 1 heterocycles. The van der Waals surface area contributed by atoms with Gasteiger partial charge in [-0.15, -0.1) is 12.4 Å². The molecule has 1 saturated heterocycles. The molecule has 0 spiro atoms. The monoisotopic (exact) mass is 497 g/mol. The lowest BCUT2D eigenvalue weighted by atomic mass is 9.91. The summed E-state index contributed by atoms with van der Waals surface area (Å²) in [7, 11) is 0. The van der Waals surface area contributed by atoms with E-state index in [-0.39, 0.29) is 18.4 Å². The molecule has 0 aromatic heterocycles. The summed E-state index contributed by atoms with van der Waals surface area (Å²) in [5.74, 6) is -0.276. The van der Waals surface area contributed by atoms with E-state index in [4.69, 9.17) is 27.9 Å². The standard InChI is InChI=1S/C17H14Cl2INO2.ClH/c1-17(10-2-4-13(20)5-3-10)9-15(16(22)23-17)21-14-7-11(18)6-12(19)8-14;/h2-8,15,21H,9H2,1H3;1H. The number of halogens is 4. The highest BCUT2D eigenvalue weighted by molar-refractivity contribution is 14.1. The van der Waals surface area contributed by atoms with Gasteiger partial charge >= 0.3 is 5.97 Å². The van der Waals surface area contributed by atoms with Gasteiger partial charge in [-0.3, -0.25) is 0 Å². The van der Waals surface area contributed by atoms with E-state index in [1.807, 2.05) is 31.2 Å². The van der Waals surface area contributed by atoms with Crippen LogP contribution in [0.5, 0.6) is 0 Å². The van der Waals surface area contributed by atoms with Crippen molar-refractivity contribution < 1.29 is 9.53 Å². The molecule has 2 aromatic rings. The molecule has 1 fully saturated rings. The lowest BCUT2D eigenvalue weighted by Gasteiger charge is -2.23. The molecule has 0 bridgehead atoms. The van der Waals surface area contributed by atoms with Crippen LogP contribution in [0.4, 0.5) is 5.69 Å². The van der Waals surface area contributed by atoms with E-state index in [1.54, 1.807) is 18.2 Å². The fourth-order valence-electron chi connectivity index (χ4n) is 2.74. The quantitative estimate of drug-likeness (QED) is 0.438. The maximum absolute atomic E-state index is 12.3. The Hall–Kier alpha value is -0.690. The Morgan fingerprint density at radius 3 is 2.33 bits per heavy atom. The molecule has 2 unspecified atom stereocenters. The van der Waals surface area contributed by atoms with Crippen molar-refractivity contribution in [1.29, 1.82) is 0 Å². The number of nitrogens with one attached hydrogen (secondary N) is 1. The molecular formula is C17H15Cl3INO2. The number of benzene rings is 2. The first-order valence-corrected chi connectivity index (χ1v) is 8.91. The molecule has 7 heteroatoms. The molecule has 128 valence electrons. The van der Waals surface area contributed by atoms with Crippen molar-refractivity contribution >= 4 is 69.9 Å². The van der Waals surface area contributed by atoms with Crippen molar-refractivity contribution in [2.45, 2.75) is 25.0 Å². The Kier molecular flexibility index (Phi) is 6.29. The smallest absolute Gasteiger partial charge is 0.329 e. The van der Waals surface area contributed by atoms with Gasteiger partial charge in [-0.2, -0.15) is 0 Å². The fourth-order valence-corrected chi connectivity index (χ4v) is 3.62. The number of rotatable bonds is 3. The van der Waals surface area contributed by atoms with Crippen LogP contribution in [0.25, 0.3) is 0 Å². The Bertz CT molecular complexity index is 734. The highest BCUT2D eigenvalue weighted by atomic mass is 127. The minimum absolute atomic E-state index is 0. The summed E-state index contributed by atoms with van der Waals surface area (Å²) in [6.45, 7) is 1.93. The molecule has 0 aliphatic carbocycles. The van der Waals surface area contributed by atoms with E-state index in [0.29, 0.717) is 22.2 Å². The molecule has 1 aliphatic rings. The minimum atomic E-state index is -0.637. The van der Waals surface area contributed by atoms with Crippen molar-refractivity contribution in [3.05, 3.63) is 61.6 Å². The second-order valence-corrected chi connectivity index (χ2v) is 7.84. The summed E-state index contributed by atoms with van der Waals surface area (Å²) < 4.78 is 6.79. The summed E-state index contributed by atoms with van der Waals surface area (Å²) in [4.78, 5) is 12.3. The van der Waals surface area contributed by atoms with Crippen molar-refractivity contribution in [2.75, 3.05) is 5.32 Å². The highest BCUT2D eigenvalue weighted by Gasteiger charge is 2.44. The van der Waals surface area contributed by atoms with Crippen LogP contribution in [0.1, 0.15) is 18.9 Å². The van der Waals surface area contributed by atoms with Crippen LogP contribution in [0.15, 0.2) is 42.5 Å². The van der Waals surface area contributed by atoms with E-state index in [0.717, 1.165) is 9.13 Å². The Balaban J connectivity index is 0.00000208. The zero-order chi connectivity index (χ0) is 16.6.